The zero-order valence-corrected chi connectivity index (χ0v) is 10.4. The lowest BCUT2D eigenvalue weighted by Crippen LogP contribution is -2.55. The van der Waals surface area contributed by atoms with Gasteiger partial charge in [0.15, 0.2) is 0 Å². The second-order valence-electron chi connectivity index (χ2n) is 4.21. The molecule has 1 aliphatic rings. The van der Waals surface area contributed by atoms with Crippen molar-refractivity contribution in [2.24, 2.45) is 0 Å². The van der Waals surface area contributed by atoms with E-state index in [0.717, 1.165) is 18.0 Å². The fraction of sp³-hybridized carbons (Fsp3) is 0.455. The molecule has 17 heavy (non-hydrogen) atoms. The first-order valence-corrected chi connectivity index (χ1v) is 6.48. The number of likely N-dealkylation sites (N-methyl/N-ethyl adjacent to an activating group) is 1. The molecule has 6 heteroatoms. The number of rotatable bonds is 4. The summed E-state index contributed by atoms with van der Waals surface area (Å²) >= 11 is 1.61. The molecule has 0 saturated carbocycles. The van der Waals surface area contributed by atoms with Gasteiger partial charge in [-0.05, 0) is 18.5 Å². The van der Waals surface area contributed by atoms with E-state index in [4.69, 9.17) is 4.42 Å². The first kappa shape index (κ1) is 10.9. The monoisotopic (exact) mass is 250 g/mol. The van der Waals surface area contributed by atoms with Gasteiger partial charge in [-0.15, -0.1) is 21.5 Å². The zero-order valence-electron chi connectivity index (χ0n) is 9.59. The van der Waals surface area contributed by atoms with Crippen molar-refractivity contribution in [1.29, 1.82) is 0 Å². The highest BCUT2D eigenvalue weighted by Gasteiger charge is 2.23. The largest absolute Gasteiger partial charge is 0.419 e. The van der Waals surface area contributed by atoms with E-state index in [2.05, 4.69) is 27.5 Å². The van der Waals surface area contributed by atoms with Gasteiger partial charge in [0, 0.05) is 19.1 Å². The molecule has 0 bridgehead atoms. The summed E-state index contributed by atoms with van der Waals surface area (Å²) in [4.78, 5) is 3.26. The Morgan fingerprint density at radius 1 is 1.53 bits per heavy atom. The van der Waals surface area contributed by atoms with Crippen molar-refractivity contribution >= 4 is 11.3 Å². The molecule has 1 N–H and O–H groups in total. The average Bonchev–Trinajstić information content (AvgIpc) is 2.82. The predicted molar refractivity (Wildman–Crippen MR) is 65.7 cm³/mol. The van der Waals surface area contributed by atoms with Crippen LogP contribution in [0, 0.1) is 0 Å². The van der Waals surface area contributed by atoms with Gasteiger partial charge in [0.2, 0.25) is 5.89 Å². The molecule has 3 rings (SSSR count). The van der Waals surface area contributed by atoms with E-state index in [0.29, 0.717) is 24.4 Å². The van der Waals surface area contributed by atoms with Crippen LogP contribution in [0.5, 0.6) is 0 Å². The maximum atomic E-state index is 5.64. The Balaban J connectivity index is 1.68. The lowest BCUT2D eigenvalue weighted by atomic mass is 10.1. The Hall–Kier alpha value is -1.24. The van der Waals surface area contributed by atoms with Gasteiger partial charge >= 0.3 is 0 Å². The Morgan fingerprint density at radius 3 is 3.06 bits per heavy atom. The molecule has 90 valence electrons. The zero-order chi connectivity index (χ0) is 11.7. The van der Waals surface area contributed by atoms with Gasteiger partial charge in [-0.3, -0.25) is 4.90 Å². The van der Waals surface area contributed by atoms with Crippen LogP contribution in [0.1, 0.15) is 5.89 Å². The van der Waals surface area contributed by atoms with E-state index in [1.165, 1.54) is 0 Å². The minimum Gasteiger partial charge on any atom is -0.419 e. The highest BCUT2D eigenvalue weighted by atomic mass is 32.1. The Labute approximate surface area is 103 Å². The third kappa shape index (κ3) is 2.24. The molecule has 2 aromatic rings. The van der Waals surface area contributed by atoms with Crippen LogP contribution in [0.4, 0.5) is 0 Å². The number of aromatic nitrogens is 2. The van der Waals surface area contributed by atoms with E-state index in [1.54, 1.807) is 11.3 Å². The van der Waals surface area contributed by atoms with Crippen LogP contribution in [0.15, 0.2) is 21.9 Å². The second kappa shape index (κ2) is 4.56. The fourth-order valence-electron chi connectivity index (χ4n) is 1.74. The number of hydrogen-bond donors (Lipinski definition) is 1. The molecular formula is C11H14N4OS. The molecular weight excluding hydrogens is 236 g/mol. The van der Waals surface area contributed by atoms with Gasteiger partial charge in [-0.25, -0.2) is 0 Å². The average molecular weight is 250 g/mol. The molecule has 0 radical (unpaired) electrons. The number of hydrogen-bond acceptors (Lipinski definition) is 6. The number of thiophene rings is 1. The molecule has 0 aliphatic carbocycles. The van der Waals surface area contributed by atoms with Crippen LogP contribution in [0.2, 0.25) is 0 Å². The van der Waals surface area contributed by atoms with Crippen LogP contribution < -0.4 is 5.32 Å². The summed E-state index contributed by atoms with van der Waals surface area (Å²) in [6, 6.07) is 4.56. The van der Waals surface area contributed by atoms with E-state index in [9.17, 15) is 0 Å². The summed E-state index contributed by atoms with van der Waals surface area (Å²) < 4.78 is 5.64. The first-order chi connectivity index (χ1) is 8.33. The normalized spacial score (nSPS) is 16.4. The standard InChI is InChI=1S/C11H14N4OS/c1-15(8-5-12-6-8)7-10-13-14-11(16-10)9-3-2-4-17-9/h2-4,8,12H,5-7H2,1H3. The molecule has 0 atom stereocenters. The van der Waals surface area contributed by atoms with Crippen molar-refractivity contribution in [3.05, 3.63) is 23.4 Å². The van der Waals surface area contributed by atoms with Crippen molar-refractivity contribution in [3.8, 4) is 10.8 Å². The smallest absolute Gasteiger partial charge is 0.257 e. The van der Waals surface area contributed by atoms with Crippen LogP contribution in [0.25, 0.3) is 10.8 Å². The molecule has 0 aromatic carbocycles. The van der Waals surface area contributed by atoms with Crippen molar-refractivity contribution in [1.82, 2.24) is 20.4 Å². The summed E-state index contributed by atoms with van der Waals surface area (Å²) in [5.41, 5.74) is 0. The maximum Gasteiger partial charge on any atom is 0.257 e. The van der Waals surface area contributed by atoms with Gasteiger partial charge in [0.05, 0.1) is 11.4 Å². The minimum absolute atomic E-state index is 0.590. The second-order valence-corrected chi connectivity index (χ2v) is 5.15. The van der Waals surface area contributed by atoms with E-state index >= 15 is 0 Å². The summed E-state index contributed by atoms with van der Waals surface area (Å²) in [7, 11) is 2.08. The molecule has 1 saturated heterocycles. The third-order valence-corrected chi connectivity index (χ3v) is 3.82. The molecule has 3 heterocycles. The van der Waals surface area contributed by atoms with Gasteiger partial charge in [-0.2, -0.15) is 0 Å². The lowest BCUT2D eigenvalue weighted by molar-refractivity contribution is 0.160. The highest BCUT2D eigenvalue weighted by molar-refractivity contribution is 7.13. The van der Waals surface area contributed by atoms with Gasteiger partial charge in [-0.1, -0.05) is 6.07 Å². The summed E-state index contributed by atoms with van der Waals surface area (Å²) in [5, 5.41) is 13.4. The molecule has 0 spiro atoms. The SMILES string of the molecule is CN(Cc1nnc(-c2cccs2)o1)C1CNC1. The predicted octanol–water partition coefficient (Wildman–Crippen LogP) is 1.20. The van der Waals surface area contributed by atoms with Crippen molar-refractivity contribution < 1.29 is 4.42 Å². The molecule has 5 nitrogen and oxygen atoms in total. The highest BCUT2D eigenvalue weighted by Crippen LogP contribution is 2.23. The van der Waals surface area contributed by atoms with E-state index < -0.39 is 0 Å². The number of nitrogens with one attached hydrogen (secondary N) is 1. The Morgan fingerprint density at radius 2 is 2.41 bits per heavy atom. The first-order valence-electron chi connectivity index (χ1n) is 5.60. The van der Waals surface area contributed by atoms with E-state index in [1.807, 2.05) is 17.5 Å². The molecule has 2 aromatic heterocycles. The minimum atomic E-state index is 0.590. The lowest BCUT2D eigenvalue weighted by Gasteiger charge is -2.34. The fourth-order valence-corrected chi connectivity index (χ4v) is 2.39. The van der Waals surface area contributed by atoms with Crippen LogP contribution in [0.3, 0.4) is 0 Å². The van der Waals surface area contributed by atoms with Gasteiger partial charge < -0.3 is 9.73 Å². The quantitative estimate of drug-likeness (QED) is 0.883. The molecule has 0 unspecified atom stereocenters. The van der Waals surface area contributed by atoms with Crippen molar-refractivity contribution in [2.45, 2.75) is 12.6 Å². The maximum absolute atomic E-state index is 5.64. The summed E-state index contributed by atoms with van der Waals surface area (Å²) in [6.07, 6.45) is 0. The molecule has 1 aliphatic heterocycles. The summed E-state index contributed by atoms with van der Waals surface area (Å²) in [5.74, 6) is 1.30. The molecule has 0 amide bonds. The Kier molecular flexibility index (Phi) is 2.92. The summed E-state index contributed by atoms with van der Waals surface area (Å²) in [6.45, 7) is 2.80. The Bertz CT molecular complexity index is 477. The topological polar surface area (TPSA) is 54.2 Å². The third-order valence-electron chi connectivity index (χ3n) is 2.97. The molecule has 1 fully saturated rings. The van der Waals surface area contributed by atoms with Gasteiger partial charge in [0.25, 0.3) is 5.89 Å². The van der Waals surface area contributed by atoms with E-state index in [-0.39, 0.29) is 0 Å². The van der Waals surface area contributed by atoms with Crippen LogP contribution in [-0.2, 0) is 6.54 Å². The van der Waals surface area contributed by atoms with Crippen LogP contribution in [-0.4, -0.2) is 41.3 Å². The van der Waals surface area contributed by atoms with Crippen molar-refractivity contribution in [3.63, 3.8) is 0 Å². The van der Waals surface area contributed by atoms with Gasteiger partial charge in [0.1, 0.15) is 0 Å². The number of nitrogens with zero attached hydrogens (tertiary/aromatic N) is 3. The van der Waals surface area contributed by atoms with Crippen LogP contribution >= 0.6 is 11.3 Å². The van der Waals surface area contributed by atoms with Crippen molar-refractivity contribution in [2.75, 3.05) is 20.1 Å².